The van der Waals surface area contributed by atoms with Gasteiger partial charge in [0.15, 0.2) is 5.65 Å². The molecule has 1 aliphatic heterocycles. The van der Waals surface area contributed by atoms with Gasteiger partial charge in [-0.15, -0.1) is 5.10 Å². The summed E-state index contributed by atoms with van der Waals surface area (Å²) < 4.78 is 14.7. The zero-order valence-electron chi connectivity index (χ0n) is 12.9. The number of tetrazole rings is 1. The van der Waals surface area contributed by atoms with Gasteiger partial charge in [-0.05, 0) is 34.7 Å². The second-order valence-corrected chi connectivity index (χ2v) is 5.54. The third-order valence-electron chi connectivity index (χ3n) is 3.83. The van der Waals surface area contributed by atoms with Gasteiger partial charge in [-0.1, -0.05) is 12.2 Å². The first-order chi connectivity index (χ1) is 11.6. The highest BCUT2D eigenvalue weighted by atomic mass is 19.1. The van der Waals surface area contributed by atoms with E-state index in [-0.39, 0.29) is 11.8 Å². The van der Waals surface area contributed by atoms with Gasteiger partial charge in [-0.3, -0.25) is 0 Å². The zero-order valence-corrected chi connectivity index (χ0v) is 12.9. The molecule has 0 saturated carbocycles. The fraction of sp³-hybridized carbons (Fsp3) is 0.125. The summed E-state index contributed by atoms with van der Waals surface area (Å²) in [6.45, 7) is 0.818. The maximum atomic E-state index is 13.3. The summed E-state index contributed by atoms with van der Waals surface area (Å²) in [6.07, 6.45) is 6.03. The minimum Gasteiger partial charge on any atom is -0.376 e. The first-order valence-electron chi connectivity index (χ1n) is 7.36. The van der Waals surface area contributed by atoms with Gasteiger partial charge in [0.1, 0.15) is 5.82 Å². The van der Waals surface area contributed by atoms with Gasteiger partial charge < -0.3 is 10.6 Å². The zero-order chi connectivity index (χ0) is 16.7. The largest absolute Gasteiger partial charge is 0.376 e. The van der Waals surface area contributed by atoms with Gasteiger partial charge in [-0.25, -0.2) is 9.37 Å². The maximum Gasteiger partial charge on any atom is 0.225 e. The van der Waals surface area contributed by atoms with E-state index in [9.17, 15) is 4.39 Å². The molecule has 1 aromatic carbocycles. The van der Waals surface area contributed by atoms with Crippen molar-refractivity contribution < 1.29 is 4.39 Å². The molecule has 0 amide bonds. The first-order valence-corrected chi connectivity index (χ1v) is 7.36. The molecule has 24 heavy (non-hydrogen) atoms. The number of anilines is 1. The van der Waals surface area contributed by atoms with Crippen LogP contribution in [0, 0.1) is 5.82 Å². The average Bonchev–Trinajstić information content (AvgIpc) is 3.05. The summed E-state index contributed by atoms with van der Waals surface area (Å²) in [7, 11) is 1.98. The number of likely N-dealkylation sites (N-methyl/N-ethyl adjacent to an activating group) is 1. The Morgan fingerprint density at radius 2 is 2.00 bits per heavy atom. The number of benzene rings is 1. The molecule has 120 valence electrons. The molecule has 0 radical (unpaired) electrons. The fourth-order valence-corrected chi connectivity index (χ4v) is 2.73. The number of aromatic nitrogens is 5. The molecule has 0 aliphatic carbocycles. The molecule has 2 aromatic heterocycles. The number of hydrogen-bond donors (Lipinski definition) is 1. The quantitative estimate of drug-likeness (QED) is 0.773. The Morgan fingerprint density at radius 1 is 1.21 bits per heavy atom. The van der Waals surface area contributed by atoms with Crippen molar-refractivity contribution in [1.29, 1.82) is 0 Å². The molecule has 3 heterocycles. The summed E-state index contributed by atoms with van der Waals surface area (Å²) in [5.41, 5.74) is 9.51. The minimum absolute atomic E-state index is 0.173. The second kappa shape index (κ2) is 5.41. The third-order valence-corrected chi connectivity index (χ3v) is 3.83. The molecular formula is C16H14FN7. The maximum absolute atomic E-state index is 13.3. The number of allylic oxidation sites excluding steroid dienone is 2. The molecule has 1 aliphatic rings. The highest BCUT2D eigenvalue weighted by Crippen LogP contribution is 2.32. The van der Waals surface area contributed by atoms with Gasteiger partial charge in [0.25, 0.3) is 0 Å². The number of hydrogen-bond acceptors (Lipinski definition) is 6. The lowest BCUT2D eigenvalue weighted by molar-refractivity contribution is 0.507. The summed E-state index contributed by atoms with van der Waals surface area (Å²) >= 11 is 0. The lowest BCUT2D eigenvalue weighted by atomic mass is 9.99. The number of rotatable bonds is 2. The predicted molar refractivity (Wildman–Crippen MR) is 88.1 cm³/mol. The highest BCUT2D eigenvalue weighted by molar-refractivity contribution is 5.91. The number of halogens is 1. The molecule has 4 rings (SSSR count). The molecule has 0 saturated heterocycles. The Hall–Kier alpha value is -3.29. The number of fused-ring (bicyclic) bond motifs is 1. The molecule has 3 aromatic rings. The van der Waals surface area contributed by atoms with Crippen molar-refractivity contribution in [1.82, 2.24) is 29.9 Å². The minimum atomic E-state index is -0.310. The van der Waals surface area contributed by atoms with Crippen molar-refractivity contribution in [3.05, 3.63) is 54.0 Å². The number of nitrogens with two attached hydrogens (primary N) is 1. The molecule has 0 bridgehead atoms. The van der Waals surface area contributed by atoms with Crippen LogP contribution in [0.2, 0.25) is 0 Å². The predicted octanol–water partition coefficient (Wildman–Crippen LogP) is 1.75. The van der Waals surface area contributed by atoms with Crippen LogP contribution in [0.4, 0.5) is 10.3 Å². The normalized spacial score (nSPS) is 14.2. The van der Waals surface area contributed by atoms with Crippen LogP contribution >= 0.6 is 0 Å². The van der Waals surface area contributed by atoms with E-state index in [0.717, 1.165) is 23.2 Å². The van der Waals surface area contributed by atoms with E-state index in [1.54, 1.807) is 12.1 Å². The lowest BCUT2D eigenvalue weighted by Gasteiger charge is -2.19. The molecule has 8 heteroatoms. The highest BCUT2D eigenvalue weighted by Gasteiger charge is 2.20. The Balaban J connectivity index is 2.03. The number of nitrogens with zero attached hydrogens (tertiary/aromatic N) is 6. The van der Waals surface area contributed by atoms with Crippen molar-refractivity contribution >= 4 is 17.2 Å². The Bertz CT molecular complexity index is 972. The van der Waals surface area contributed by atoms with Crippen molar-refractivity contribution in [2.45, 2.75) is 0 Å². The second-order valence-electron chi connectivity index (χ2n) is 5.54. The lowest BCUT2D eigenvalue weighted by Crippen LogP contribution is -2.15. The van der Waals surface area contributed by atoms with E-state index in [2.05, 4.69) is 20.5 Å². The Kier molecular flexibility index (Phi) is 3.23. The van der Waals surface area contributed by atoms with E-state index >= 15 is 0 Å². The average molecular weight is 323 g/mol. The van der Waals surface area contributed by atoms with Crippen molar-refractivity contribution in [3.8, 4) is 11.3 Å². The van der Waals surface area contributed by atoms with Crippen LogP contribution in [0.5, 0.6) is 0 Å². The van der Waals surface area contributed by atoms with Crippen molar-refractivity contribution in [2.75, 3.05) is 19.3 Å². The van der Waals surface area contributed by atoms with E-state index in [4.69, 9.17) is 5.73 Å². The van der Waals surface area contributed by atoms with Crippen LogP contribution in [-0.2, 0) is 0 Å². The van der Waals surface area contributed by atoms with Crippen LogP contribution in [0.1, 0.15) is 5.56 Å². The van der Waals surface area contributed by atoms with E-state index in [1.807, 2.05) is 30.3 Å². The van der Waals surface area contributed by atoms with E-state index < -0.39 is 0 Å². The summed E-state index contributed by atoms with van der Waals surface area (Å²) in [4.78, 5) is 6.50. The van der Waals surface area contributed by atoms with Crippen molar-refractivity contribution in [2.24, 2.45) is 0 Å². The van der Waals surface area contributed by atoms with Crippen LogP contribution in [0.25, 0.3) is 22.5 Å². The standard InChI is InChI=1S/C16H14FN7/c1-23-8-2-3-11(9-23)13-14(10-4-6-12(17)7-5-10)19-16(18)24-15(13)20-21-22-24/h2-7,9H,8H2,1H3,(H2,18,19). The first kappa shape index (κ1) is 14.3. The van der Waals surface area contributed by atoms with Crippen LogP contribution in [-0.4, -0.2) is 43.5 Å². The molecule has 2 N–H and O–H groups in total. The molecule has 0 unspecified atom stereocenters. The summed E-state index contributed by atoms with van der Waals surface area (Å²) in [6, 6.07) is 6.11. The molecule has 0 atom stereocenters. The van der Waals surface area contributed by atoms with Gasteiger partial charge in [-0.2, -0.15) is 4.52 Å². The Morgan fingerprint density at radius 3 is 2.75 bits per heavy atom. The molecule has 0 spiro atoms. The van der Waals surface area contributed by atoms with Crippen LogP contribution in [0.15, 0.2) is 42.6 Å². The van der Waals surface area contributed by atoms with E-state index in [0.29, 0.717) is 11.3 Å². The smallest absolute Gasteiger partial charge is 0.225 e. The van der Waals surface area contributed by atoms with Crippen LogP contribution in [0.3, 0.4) is 0 Å². The molecule has 0 fully saturated rings. The summed E-state index contributed by atoms with van der Waals surface area (Å²) in [5.74, 6) is -0.137. The van der Waals surface area contributed by atoms with Gasteiger partial charge in [0, 0.05) is 30.9 Å². The number of nitrogen functional groups attached to an aromatic ring is 1. The SMILES string of the molecule is CN1C=C(c2c(-c3ccc(F)cc3)nc(N)n3nnnc23)C=CC1. The van der Waals surface area contributed by atoms with E-state index in [1.165, 1.54) is 16.6 Å². The van der Waals surface area contributed by atoms with Gasteiger partial charge >= 0.3 is 0 Å². The van der Waals surface area contributed by atoms with Gasteiger partial charge in [0.2, 0.25) is 5.95 Å². The third kappa shape index (κ3) is 2.28. The summed E-state index contributed by atoms with van der Waals surface area (Å²) in [5, 5.41) is 11.7. The monoisotopic (exact) mass is 323 g/mol. The molecular weight excluding hydrogens is 309 g/mol. The molecule has 7 nitrogen and oxygen atoms in total. The van der Waals surface area contributed by atoms with Crippen LogP contribution < -0.4 is 5.73 Å². The van der Waals surface area contributed by atoms with Crippen molar-refractivity contribution in [3.63, 3.8) is 0 Å². The Labute approximate surface area is 136 Å². The topological polar surface area (TPSA) is 85.2 Å². The fourth-order valence-electron chi connectivity index (χ4n) is 2.73. The van der Waals surface area contributed by atoms with Gasteiger partial charge in [0.05, 0.1) is 11.3 Å².